The summed E-state index contributed by atoms with van der Waals surface area (Å²) in [5.74, 6) is -2.79. The van der Waals surface area contributed by atoms with Crippen molar-refractivity contribution in [1.29, 1.82) is 5.41 Å². The Balaban J connectivity index is 0.000000460. The van der Waals surface area contributed by atoms with E-state index in [4.69, 9.17) is 37.9 Å². The molecule has 1 heterocycles. The topological polar surface area (TPSA) is 238 Å². The summed E-state index contributed by atoms with van der Waals surface area (Å²) in [5, 5.41) is 37.4. The third-order valence-corrected chi connectivity index (χ3v) is 4.30. The van der Waals surface area contributed by atoms with Gasteiger partial charge < -0.3 is 43.2 Å². The molecule has 0 bridgehead atoms. The molecule has 1 aliphatic rings. The van der Waals surface area contributed by atoms with Crippen LogP contribution >= 0.6 is 0 Å². The number of benzene rings is 1. The van der Waals surface area contributed by atoms with Gasteiger partial charge in [0.05, 0.1) is 0 Å². The molecule has 1 fully saturated rings. The van der Waals surface area contributed by atoms with Gasteiger partial charge in [0.25, 0.3) is 0 Å². The highest BCUT2D eigenvalue weighted by atomic mass is 16.4. The molecule has 0 radical (unpaired) electrons. The molecule has 0 saturated carbocycles. The SMILES string of the molecule is N=C(N)NCCC[C@H](N)C(=O)O.N[C@@H](Cc1ccccc1)C(=O)O.O=C(O)[C@@H]1CCCN1. The Bertz CT molecular complexity index is 712. The average molecular weight is 455 g/mol. The molecule has 0 aliphatic carbocycles. The fraction of sp³-hybridized carbons (Fsp3) is 0.500. The molecule has 0 unspecified atom stereocenters. The van der Waals surface area contributed by atoms with Crippen molar-refractivity contribution < 1.29 is 29.7 Å². The molecule has 0 spiro atoms. The minimum Gasteiger partial charge on any atom is -0.480 e. The first-order chi connectivity index (χ1) is 15.0. The van der Waals surface area contributed by atoms with Crippen LogP contribution in [0.25, 0.3) is 0 Å². The number of carbonyl (C=O) groups is 3. The number of aliphatic carboxylic acids is 3. The molecule has 2 rings (SSSR count). The molecule has 12 nitrogen and oxygen atoms in total. The van der Waals surface area contributed by atoms with Crippen molar-refractivity contribution in [1.82, 2.24) is 10.6 Å². The van der Waals surface area contributed by atoms with Gasteiger partial charge in [-0.15, -0.1) is 0 Å². The maximum absolute atomic E-state index is 10.4. The van der Waals surface area contributed by atoms with Gasteiger partial charge in [0.1, 0.15) is 18.1 Å². The Hall–Kier alpha value is -3.22. The lowest BCUT2D eigenvalue weighted by Gasteiger charge is -2.06. The minimum atomic E-state index is -1.00. The van der Waals surface area contributed by atoms with Gasteiger partial charge >= 0.3 is 17.9 Å². The van der Waals surface area contributed by atoms with Gasteiger partial charge in [0.2, 0.25) is 0 Å². The van der Waals surface area contributed by atoms with E-state index in [-0.39, 0.29) is 12.0 Å². The Labute approximate surface area is 186 Å². The third-order valence-electron chi connectivity index (χ3n) is 4.30. The molecule has 0 aromatic heterocycles. The van der Waals surface area contributed by atoms with Crippen molar-refractivity contribution in [3.05, 3.63) is 35.9 Å². The van der Waals surface area contributed by atoms with Crippen molar-refractivity contribution in [2.24, 2.45) is 17.2 Å². The number of carboxylic acid groups (broad SMARTS) is 3. The second-order valence-corrected chi connectivity index (χ2v) is 7.05. The number of guanidine groups is 1. The van der Waals surface area contributed by atoms with Crippen LogP contribution in [0.1, 0.15) is 31.2 Å². The number of nitrogens with one attached hydrogen (secondary N) is 3. The van der Waals surface area contributed by atoms with Crippen LogP contribution in [0.3, 0.4) is 0 Å². The highest BCUT2D eigenvalue weighted by Gasteiger charge is 2.20. The van der Waals surface area contributed by atoms with Crippen molar-refractivity contribution in [3.8, 4) is 0 Å². The zero-order chi connectivity index (χ0) is 24.5. The second-order valence-electron chi connectivity index (χ2n) is 7.05. The number of hydrogen-bond donors (Lipinski definition) is 9. The van der Waals surface area contributed by atoms with E-state index in [0.29, 0.717) is 25.8 Å². The van der Waals surface area contributed by atoms with E-state index in [1.54, 1.807) is 0 Å². The van der Waals surface area contributed by atoms with Crippen LogP contribution in [0.15, 0.2) is 30.3 Å². The van der Waals surface area contributed by atoms with E-state index in [2.05, 4.69) is 10.6 Å². The monoisotopic (exact) mass is 454 g/mol. The highest BCUT2D eigenvalue weighted by molar-refractivity contribution is 5.74. The zero-order valence-corrected chi connectivity index (χ0v) is 17.9. The zero-order valence-electron chi connectivity index (χ0n) is 17.9. The fourth-order valence-corrected chi connectivity index (χ4v) is 2.52. The van der Waals surface area contributed by atoms with Crippen molar-refractivity contribution in [3.63, 3.8) is 0 Å². The van der Waals surface area contributed by atoms with Crippen LogP contribution in [-0.2, 0) is 20.8 Å². The quantitative estimate of drug-likeness (QED) is 0.126. The van der Waals surface area contributed by atoms with Crippen LogP contribution in [0.5, 0.6) is 0 Å². The van der Waals surface area contributed by atoms with Crippen LogP contribution in [0.4, 0.5) is 0 Å². The Kier molecular flexibility index (Phi) is 14.8. The van der Waals surface area contributed by atoms with Gasteiger partial charge in [-0.25, -0.2) is 0 Å². The average Bonchev–Trinajstić information content (AvgIpc) is 3.28. The Morgan fingerprint density at radius 1 is 1.09 bits per heavy atom. The number of rotatable bonds is 9. The molecule has 0 amide bonds. The molecule has 12 heteroatoms. The summed E-state index contributed by atoms with van der Waals surface area (Å²) in [5.41, 5.74) is 16.5. The maximum Gasteiger partial charge on any atom is 0.320 e. The lowest BCUT2D eigenvalue weighted by atomic mass is 10.1. The molecule has 32 heavy (non-hydrogen) atoms. The van der Waals surface area contributed by atoms with Gasteiger partial charge in [0.15, 0.2) is 5.96 Å². The molecule has 3 atom stereocenters. The first kappa shape index (κ1) is 28.8. The molecule has 1 aromatic carbocycles. The van der Waals surface area contributed by atoms with E-state index in [9.17, 15) is 14.4 Å². The predicted octanol–water partition coefficient (Wildman–Crippen LogP) is -0.874. The van der Waals surface area contributed by atoms with Crippen molar-refractivity contribution in [2.75, 3.05) is 13.1 Å². The molecule has 1 aromatic rings. The summed E-state index contributed by atoms with van der Waals surface area (Å²) in [6.07, 6.45) is 3.14. The number of carboxylic acids is 3. The van der Waals surface area contributed by atoms with E-state index >= 15 is 0 Å². The standard InChI is InChI=1S/C9H11NO2.C6H14N4O2.C5H9NO2/c10-8(9(11)12)6-7-4-2-1-3-5-7;7-4(5(11)12)2-1-3-10-6(8)9;7-5(8)4-2-1-3-6-4/h1-5,8H,6,10H2,(H,11,12);4H,1-3,7H2,(H,11,12)(H4,8,9,10);4,6H,1-3H2,(H,7,8)/t8-;2*4-/m000/s1. The molecule has 180 valence electrons. The van der Waals surface area contributed by atoms with E-state index < -0.39 is 30.0 Å². The largest absolute Gasteiger partial charge is 0.480 e. The minimum absolute atomic E-state index is 0.112. The summed E-state index contributed by atoms with van der Waals surface area (Å²) in [6.45, 7) is 1.34. The summed E-state index contributed by atoms with van der Waals surface area (Å²) < 4.78 is 0. The maximum atomic E-state index is 10.4. The van der Waals surface area contributed by atoms with Crippen LogP contribution in [0, 0.1) is 5.41 Å². The molecular formula is C20H34N6O6. The molecule has 1 aliphatic heterocycles. The van der Waals surface area contributed by atoms with Gasteiger partial charge in [-0.05, 0) is 44.2 Å². The van der Waals surface area contributed by atoms with Gasteiger partial charge in [-0.3, -0.25) is 19.8 Å². The summed E-state index contributed by atoms with van der Waals surface area (Å²) in [6, 6.07) is 7.45. The van der Waals surface area contributed by atoms with Crippen molar-refractivity contribution in [2.45, 2.75) is 50.2 Å². The fourth-order valence-electron chi connectivity index (χ4n) is 2.52. The van der Waals surface area contributed by atoms with Crippen LogP contribution < -0.4 is 27.8 Å². The highest BCUT2D eigenvalue weighted by Crippen LogP contribution is 2.03. The summed E-state index contributed by atoms with van der Waals surface area (Å²) >= 11 is 0. The lowest BCUT2D eigenvalue weighted by molar-refractivity contribution is -0.139. The smallest absolute Gasteiger partial charge is 0.320 e. The second kappa shape index (κ2) is 16.5. The number of nitrogens with two attached hydrogens (primary N) is 3. The first-order valence-electron chi connectivity index (χ1n) is 10.1. The third kappa shape index (κ3) is 14.7. The Morgan fingerprint density at radius 3 is 2.09 bits per heavy atom. The van der Waals surface area contributed by atoms with E-state index in [0.717, 1.165) is 24.9 Å². The van der Waals surface area contributed by atoms with Gasteiger partial charge in [-0.2, -0.15) is 0 Å². The van der Waals surface area contributed by atoms with E-state index in [1.165, 1.54) is 0 Å². The molecule has 1 saturated heterocycles. The van der Waals surface area contributed by atoms with Gasteiger partial charge in [-0.1, -0.05) is 30.3 Å². The Morgan fingerprint density at radius 2 is 1.69 bits per heavy atom. The normalized spacial score (nSPS) is 16.2. The van der Waals surface area contributed by atoms with Crippen LogP contribution in [-0.4, -0.2) is 70.4 Å². The molecular weight excluding hydrogens is 420 g/mol. The van der Waals surface area contributed by atoms with Gasteiger partial charge in [0, 0.05) is 6.54 Å². The lowest BCUT2D eigenvalue weighted by Crippen LogP contribution is -2.34. The summed E-state index contributed by atoms with van der Waals surface area (Å²) in [7, 11) is 0. The molecule has 12 N–H and O–H groups in total. The van der Waals surface area contributed by atoms with E-state index in [1.807, 2.05) is 30.3 Å². The van der Waals surface area contributed by atoms with Crippen molar-refractivity contribution >= 4 is 23.9 Å². The predicted molar refractivity (Wildman–Crippen MR) is 119 cm³/mol. The summed E-state index contributed by atoms with van der Waals surface area (Å²) in [4.78, 5) is 30.7. The first-order valence-corrected chi connectivity index (χ1v) is 10.1. The number of hydrogen-bond acceptors (Lipinski definition) is 7. The van der Waals surface area contributed by atoms with Crippen LogP contribution in [0.2, 0.25) is 0 Å².